The van der Waals surface area contributed by atoms with Crippen molar-refractivity contribution in [2.75, 3.05) is 0 Å². The molecule has 1 amide bonds. The van der Waals surface area contributed by atoms with Crippen molar-refractivity contribution in [3.63, 3.8) is 0 Å². The van der Waals surface area contributed by atoms with Gasteiger partial charge in [0.2, 0.25) is 5.88 Å². The molecule has 1 aromatic heterocycles. The number of rotatable bonds is 2. The van der Waals surface area contributed by atoms with Crippen molar-refractivity contribution in [2.24, 2.45) is 17.3 Å². The zero-order chi connectivity index (χ0) is 18.3. The molecule has 3 aromatic rings. The highest BCUT2D eigenvalue weighted by Crippen LogP contribution is 2.39. The van der Waals surface area contributed by atoms with E-state index in [-0.39, 0.29) is 22.2 Å². The Morgan fingerprint density at radius 3 is 2.64 bits per heavy atom. The molecule has 128 valence electrons. The van der Waals surface area contributed by atoms with Gasteiger partial charge in [0.05, 0.1) is 16.1 Å². The minimum absolute atomic E-state index is 0.0749. The van der Waals surface area contributed by atoms with E-state index in [4.69, 9.17) is 11.6 Å². The van der Waals surface area contributed by atoms with Crippen LogP contribution < -0.4 is 0 Å². The highest BCUT2D eigenvalue weighted by atomic mass is 79.9. The molecule has 1 heterocycles. The molecule has 1 N–H and O–H groups in total. The summed E-state index contributed by atoms with van der Waals surface area (Å²) in [6, 6.07) is 6.59. The number of amides is 1. The number of nitrogens with zero attached hydrogens (tertiary/aromatic N) is 3. The number of carbonyl (C=O) groups is 1. The van der Waals surface area contributed by atoms with Crippen LogP contribution in [0.2, 0.25) is 5.02 Å². The molecular weight excluding hydrogens is 420 g/mol. The number of aromatic nitrogens is 1. The molecule has 0 aliphatic carbocycles. The highest BCUT2D eigenvalue weighted by Gasteiger charge is 2.17. The Morgan fingerprint density at radius 1 is 1.24 bits per heavy atom. The van der Waals surface area contributed by atoms with Crippen LogP contribution >= 0.6 is 27.5 Å². The van der Waals surface area contributed by atoms with E-state index in [1.807, 2.05) is 0 Å². The van der Waals surface area contributed by atoms with E-state index in [1.165, 1.54) is 4.57 Å². The van der Waals surface area contributed by atoms with Crippen LogP contribution in [-0.2, 0) is 7.05 Å². The van der Waals surface area contributed by atoms with E-state index in [9.17, 15) is 18.7 Å². The van der Waals surface area contributed by atoms with Gasteiger partial charge in [-0.3, -0.25) is 4.79 Å². The molecular formula is C16H9BrClF2N3O2. The Hall–Kier alpha value is -2.32. The Morgan fingerprint density at radius 2 is 1.92 bits per heavy atom. The summed E-state index contributed by atoms with van der Waals surface area (Å²) in [6.45, 7) is 0. The van der Waals surface area contributed by atoms with Gasteiger partial charge in [0.1, 0.15) is 0 Å². The molecule has 0 aliphatic rings. The van der Waals surface area contributed by atoms with Crippen LogP contribution in [0.15, 0.2) is 45.0 Å². The summed E-state index contributed by atoms with van der Waals surface area (Å²) in [7, 11) is 1.62. The third-order valence-corrected chi connectivity index (χ3v) is 4.39. The molecule has 0 atom stereocenters. The number of carbonyl (C=O) groups excluding carboxylic acids is 1. The van der Waals surface area contributed by atoms with Gasteiger partial charge in [-0.25, -0.2) is 8.78 Å². The Kier molecular flexibility index (Phi) is 4.57. The molecule has 3 rings (SSSR count). The van der Waals surface area contributed by atoms with Crippen molar-refractivity contribution in [1.29, 1.82) is 0 Å². The molecule has 0 radical (unpaired) electrons. The number of hydrogen-bond acceptors (Lipinski definition) is 3. The second-order valence-electron chi connectivity index (χ2n) is 5.14. The van der Waals surface area contributed by atoms with Gasteiger partial charge in [-0.1, -0.05) is 27.5 Å². The van der Waals surface area contributed by atoms with Crippen molar-refractivity contribution < 1.29 is 18.7 Å². The van der Waals surface area contributed by atoms with Crippen LogP contribution in [-0.4, -0.2) is 15.6 Å². The summed E-state index contributed by atoms with van der Waals surface area (Å²) >= 11 is 9.06. The zero-order valence-corrected chi connectivity index (χ0v) is 14.9. The molecule has 0 unspecified atom stereocenters. The fraction of sp³-hybridized carbons (Fsp3) is 0.0625. The molecule has 25 heavy (non-hydrogen) atoms. The number of hydrogen-bond donors (Lipinski definition) is 1. The lowest BCUT2D eigenvalue weighted by molar-refractivity contribution is 0.0994. The maximum absolute atomic E-state index is 13.3. The molecule has 0 fully saturated rings. The van der Waals surface area contributed by atoms with Crippen LogP contribution in [0.4, 0.5) is 14.5 Å². The van der Waals surface area contributed by atoms with E-state index in [0.29, 0.717) is 23.0 Å². The lowest BCUT2D eigenvalue weighted by Gasteiger charge is -2.00. The summed E-state index contributed by atoms with van der Waals surface area (Å²) in [4.78, 5) is 12.1. The topological polar surface area (TPSA) is 66.9 Å². The molecule has 0 aliphatic heterocycles. The molecule has 9 heteroatoms. The molecule has 2 aromatic carbocycles. The SMILES string of the molecule is Cn1c(O)c(N=NC(=O)c2cc(F)c(F)cc2Cl)c2cc(Br)ccc21. The van der Waals surface area contributed by atoms with Gasteiger partial charge in [0, 0.05) is 16.9 Å². The van der Waals surface area contributed by atoms with Crippen molar-refractivity contribution in [2.45, 2.75) is 0 Å². The number of benzene rings is 2. The number of fused-ring (bicyclic) bond motifs is 1. The minimum atomic E-state index is -1.22. The number of azo groups is 1. The first-order valence-corrected chi connectivity index (χ1v) is 8.04. The summed E-state index contributed by atoms with van der Waals surface area (Å²) in [6.07, 6.45) is 0. The lowest BCUT2D eigenvalue weighted by atomic mass is 10.2. The maximum atomic E-state index is 13.3. The van der Waals surface area contributed by atoms with Gasteiger partial charge in [0.15, 0.2) is 17.3 Å². The van der Waals surface area contributed by atoms with Gasteiger partial charge in [-0.15, -0.1) is 10.2 Å². The Bertz CT molecular complexity index is 1050. The normalized spacial score (nSPS) is 11.6. The van der Waals surface area contributed by atoms with E-state index in [2.05, 4.69) is 26.2 Å². The number of aromatic hydroxyl groups is 1. The maximum Gasteiger partial charge on any atom is 0.297 e. The first-order chi connectivity index (χ1) is 11.8. The predicted octanol–water partition coefficient (Wildman–Crippen LogP) is 5.50. The van der Waals surface area contributed by atoms with Gasteiger partial charge in [-0.05, 0) is 30.3 Å². The van der Waals surface area contributed by atoms with Crippen molar-refractivity contribution >= 4 is 50.0 Å². The third-order valence-electron chi connectivity index (χ3n) is 3.59. The standard InChI is InChI=1S/C16H9BrClF2N3O2/c1-23-13-3-2-7(17)4-9(13)14(16(23)25)21-22-15(24)8-5-11(19)12(20)6-10(8)18/h2-6,25H,1H3. The van der Waals surface area contributed by atoms with Crippen LogP contribution in [0.3, 0.4) is 0 Å². The molecule has 0 saturated carbocycles. The quantitative estimate of drug-likeness (QED) is 0.432. The lowest BCUT2D eigenvalue weighted by Crippen LogP contribution is -1.98. The largest absolute Gasteiger partial charge is 0.493 e. The average Bonchev–Trinajstić information content (AvgIpc) is 2.79. The zero-order valence-electron chi connectivity index (χ0n) is 12.6. The smallest absolute Gasteiger partial charge is 0.297 e. The predicted molar refractivity (Wildman–Crippen MR) is 92.5 cm³/mol. The van der Waals surface area contributed by atoms with Crippen LogP contribution in [0.25, 0.3) is 10.9 Å². The Balaban J connectivity index is 2.04. The van der Waals surface area contributed by atoms with E-state index < -0.39 is 17.5 Å². The number of aryl methyl sites for hydroxylation is 1. The molecule has 0 saturated heterocycles. The summed E-state index contributed by atoms with van der Waals surface area (Å²) in [5, 5.41) is 17.7. The fourth-order valence-corrected chi connectivity index (χ4v) is 2.91. The molecule has 5 nitrogen and oxygen atoms in total. The fourth-order valence-electron chi connectivity index (χ4n) is 2.32. The van der Waals surface area contributed by atoms with Crippen molar-refractivity contribution in [1.82, 2.24) is 4.57 Å². The van der Waals surface area contributed by atoms with Crippen molar-refractivity contribution in [3.05, 3.63) is 57.0 Å². The highest BCUT2D eigenvalue weighted by molar-refractivity contribution is 9.10. The second kappa shape index (κ2) is 6.53. The molecule has 0 bridgehead atoms. The first kappa shape index (κ1) is 17.5. The third kappa shape index (κ3) is 3.14. The summed E-state index contributed by atoms with van der Waals surface area (Å²) < 4.78 is 28.6. The van der Waals surface area contributed by atoms with Gasteiger partial charge >= 0.3 is 0 Å². The monoisotopic (exact) mass is 427 g/mol. The van der Waals surface area contributed by atoms with E-state index in [0.717, 1.165) is 4.47 Å². The Labute approximate surface area is 153 Å². The molecule has 0 spiro atoms. The first-order valence-electron chi connectivity index (χ1n) is 6.87. The van der Waals surface area contributed by atoms with Gasteiger partial charge in [-0.2, -0.15) is 0 Å². The second-order valence-corrected chi connectivity index (χ2v) is 6.47. The van der Waals surface area contributed by atoms with Crippen LogP contribution in [0.5, 0.6) is 5.88 Å². The number of halogens is 4. The van der Waals surface area contributed by atoms with Crippen LogP contribution in [0.1, 0.15) is 10.4 Å². The van der Waals surface area contributed by atoms with Gasteiger partial charge < -0.3 is 9.67 Å². The van der Waals surface area contributed by atoms with Gasteiger partial charge in [0.25, 0.3) is 5.91 Å². The summed E-state index contributed by atoms with van der Waals surface area (Å²) in [5.41, 5.74) is 0.420. The van der Waals surface area contributed by atoms with E-state index in [1.54, 1.807) is 25.2 Å². The van der Waals surface area contributed by atoms with Crippen LogP contribution in [0, 0.1) is 11.6 Å². The summed E-state index contributed by atoms with van der Waals surface area (Å²) in [5.74, 6) is -3.55. The van der Waals surface area contributed by atoms with Crippen molar-refractivity contribution in [3.8, 4) is 5.88 Å². The van der Waals surface area contributed by atoms with E-state index >= 15 is 0 Å². The minimum Gasteiger partial charge on any atom is -0.493 e. The average molecular weight is 429 g/mol.